The molecule has 0 aliphatic heterocycles. The van der Waals surface area contributed by atoms with Crippen LogP contribution in [0.15, 0.2) is 28.7 Å². The van der Waals surface area contributed by atoms with Gasteiger partial charge in [-0.1, -0.05) is 15.9 Å². The zero-order chi connectivity index (χ0) is 9.84. The van der Waals surface area contributed by atoms with Crippen LogP contribution in [0.5, 0.6) is 5.75 Å². The van der Waals surface area contributed by atoms with E-state index in [1.54, 1.807) is 19.1 Å². The smallest absolute Gasteiger partial charge is 0.258 e. The van der Waals surface area contributed by atoms with E-state index in [9.17, 15) is 4.79 Å². The molecular weight excluding hydrogens is 234 g/mol. The third-order valence-corrected chi connectivity index (χ3v) is 2.06. The van der Waals surface area contributed by atoms with Crippen molar-refractivity contribution >= 4 is 21.8 Å². The van der Waals surface area contributed by atoms with Gasteiger partial charge in [-0.25, -0.2) is 0 Å². The monoisotopic (exact) mass is 243 g/mol. The Morgan fingerprint density at radius 2 is 2.00 bits per heavy atom. The fraction of sp³-hybridized carbons (Fsp3) is 0.222. The van der Waals surface area contributed by atoms with Crippen LogP contribution in [0.4, 0.5) is 0 Å². The number of carbonyl (C=O) groups is 1. The maximum absolute atomic E-state index is 10.7. The van der Waals surface area contributed by atoms with E-state index >= 15 is 0 Å². The molecule has 1 amide bonds. The quantitative estimate of drug-likeness (QED) is 0.879. The first-order chi connectivity index (χ1) is 6.09. The lowest BCUT2D eigenvalue weighted by Gasteiger charge is -2.10. The third kappa shape index (κ3) is 3.06. The first kappa shape index (κ1) is 10.1. The summed E-state index contributed by atoms with van der Waals surface area (Å²) in [5, 5.41) is 0. The van der Waals surface area contributed by atoms with Gasteiger partial charge in [-0.3, -0.25) is 4.79 Å². The number of amides is 1. The SMILES string of the molecule is CC(Oc1ccc(Br)cc1)C(N)=O. The maximum Gasteiger partial charge on any atom is 0.258 e. The molecule has 4 heteroatoms. The van der Waals surface area contributed by atoms with Crippen LogP contribution < -0.4 is 10.5 Å². The molecule has 1 rings (SSSR count). The predicted molar refractivity (Wildman–Crippen MR) is 53.4 cm³/mol. The lowest BCUT2D eigenvalue weighted by molar-refractivity contribution is -0.123. The Kier molecular flexibility index (Phi) is 3.31. The maximum atomic E-state index is 10.7. The highest BCUT2D eigenvalue weighted by Crippen LogP contribution is 2.16. The molecule has 0 fully saturated rings. The molecule has 0 aliphatic rings. The Morgan fingerprint density at radius 3 is 2.46 bits per heavy atom. The molecule has 1 aromatic rings. The van der Waals surface area contributed by atoms with Gasteiger partial charge in [0.25, 0.3) is 5.91 Å². The summed E-state index contributed by atoms with van der Waals surface area (Å²) in [5.74, 6) is 0.164. The van der Waals surface area contributed by atoms with Gasteiger partial charge >= 0.3 is 0 Å². The second-order valence-corrected chi connectivity index (χ2v) is 3.53. The predicted octanol–water partition coefficient (Wildman–Crippen LogP) is 1.70. The Morgan fingerprint density at radius 1 is 1.46 bits per heavy atom. The number of halogens is 1. The highest BCUT2D eigenvalue weighted by Gasteiger charge is 2.09. The van der Waals surface area contributed by atoms with Crippen LogP contribution >= 0.6 is 15.9 Å². The van der Waals surface area contributed by atoms with Crippen molar-refractivity contribution in [1.82, 2.24) is 0 Å². The van der Waals surface area contributed by atoms with E-state index in [0.717, 1.165) is 4.47 Å². The minimum absolute atomic E-state index is 0.470. The van der Waals surface area contributed by atoms with Gasteiger partial charge in [0, 0.05) is 4.47 Å². The second kappa shape index (κ2) is 4.28. The standard InChI is InChI=1S/C9H10BrNO2/c1-6(9(11)12)13-8-4-2-7(10)3-5-8/h2-6H,1H3,(H2,11,12). The van der Waals surface area contributed by atoms with Crippen molar-refractivity contribution in [3.05, 3.63) is 28.7 Å². The van der Waals surface area contributed by atoms with Crippen LogP contribution in [0.1, 0.15) is 6.92 Å². The molecular formula is C9H10BrNO2. The number of rotatable bonds is 3. The fourth-order valence-corrected chi connectivity index (χ4v) is 1.04. The van der Waals surface area contributed by atoms with E-state index in [1.807, 2.05) is 12.1 Å². The van der Waals surface area contributed by atoms with Crippen LogP contribution in [0.3, 0.4) is 0 Å². The van der Waals surface area contributed by atoms with Gasteiger partial charge in [0.15, 0.2) is 6.10 Å². The molecule has 13 heavy (non-hydrogen) atoms. The van der Waals surface area contributed by atoms with E-state index in [4.69, 9.17) is 10.5 Å². The summed E-state index contributed by atoms with van der Waals surface area (Å²) in [4.78, 5) is 10.7. The fourth-order valence-electron chi connectivity index (χ4n) is 0.775. The van der Waals surface area contributed by atoms with E-state index in [0.29, 0.717) is 5.75 Å². The average Bonchev–Trinajstić information content (AvgIpc) is 2.08. The second-order valence-electron chi connectivity index (χ2n) is 2.62. The van der Waals surface area contributed by atoms with E-state index in [-0.39, 0.29) is 0 Å². The first-order valence-corrected chi connectivity index (χ1v) is 4.60. The lowest BCUT2D eigenvalue weighted by Crippen LogP contribution is -2.30. The van der Waals surface area contributed by atoms with Gasteiger partial charge in [-0.2, -0.15) is 0 Å². The van der Waals surface area contributed by atoms with Crippen molar-refractivity contribution in [3.8, 4) is 5.75 Å². The topological polar surface area (TPSA) is 52.3 Å². The molecule has 0 spiro atoms. The molecule has 1 atom stereocenters. The number of carbonyl (C=O) groups excluding carboxylic acids is 1. The normalized spacial score (nSPS) is 12.2. The van der Waals surface area contributed by atoms with Crippen LogP contribution in [0.25, 0.3) is 0 Å². The molecule has 0 saturated heterocycles. The van der Waals surface area contributed by atoms with Crippen molar-refractivity contribution in [3.63, 3.8) is 0 Å². The molecule has 3 nitrogen and oxygen atoms in total. The van der Waals surface area contributed by atoms with Gasteiger partial charge in [0.1, 0.15) is 5.75 Å². The van der Waals surface area contributed by atoms with E-state index < -0.39 is 12.0 Å². The van der Waals surface area contributed by atoms with Gasteiger partial charge in [-0.15, -0.1) is 0 Å². The van der Waals surface area contributed by atoms with Gasteiger partial charge in [-0.05, 0) is 31.2 Å². The molecule has 2 N–H and O–H groups in total. The summed E-state index contributed by atoms with van der Waals surface area (Å²) in [6.45, 7) is 1.62. The number of ether oxygens (including phenoxy) is 1. The minimum atomic E-state index is -0.596. The molecule has 0 bridgehead atoms. The summed E-state index contributed by atoms with van der Waals surface area (Å²) in [5.41, 5.74) is 5.04. The van der Waals surface area contributed by atoms with Crippen LogP contribution in [0, 0.1) is 0 Å². The highest BCUT2D eigenvalue weighted by molar-refractivity contribution is 9.10. The van der Waals surface area contributed by atoms with Gasteiger partial charge in [0.05, 0.1) is 0 Å². The molecule has 0 heterocycles. The van der Waals surface area contributed by atoms with Crippen molar-refractivity contribution < 1.29 is 9.53 Å². The molecule has 0 saturated carbocycles. The molecule has 0 radical (unpaired) electrons. The number of primary amides is 1. The van der Waals surface area contributed by atoms with E-state index in [1.165, 1.54) is 0 Å². The summed E-state index contributed by atoms with van der Waals surface area (Å²) in [6, 6.07) is 7.21. The summed E-state index contributed by atoms with van der Waals surface area (Å²) in [7, 11) is 0. The zero-order valence-electron chi connectivity index (χ0n) is 7.16. The molecule has 0 aliphatic carbocycles. The summed E-state index contributed by atoms with van der Waals surface area (Å²) >= 11 is 3.29. The van der Waals surface area contributed by atoms with Crippen LogP contribution in [-0.2, 0) is 4.79 Å². The number of nitrogens with two attached hydrogens (primary N) is 1. The number of hydrogen-bond donors (Lipinski definition) is 1. The van der Waals surface area contributed by atoms with Crippen molar-refractivity contribution in [2.45, 2.75) is 13.0 Å². The molecule has 0 aromatic heterocycles. The Labute approximate surface area is 85.0 Å². The molecule has 1 unspecified atom stereocenters. The Balaban J connectivity index is 2.64. The largest absolute Gasteiger partial charge is 0.481 e. The lowest BCUT2D eigenvalue weighted by atomic mass is 10.3. The number of hydrogen-bond acceptors (Lipinski definition) is 2. The van der Waals surface area contributed by atoms with E-state index in [2.05, 4.69) is 15.9 Å². The summed E-state index contributed by atoms with van der Waals surface area (Å²) < 4.78 is 6.20. The molecule has 1 aromatic carbocycles. The van der Waals surface area contributed by atoms with Crippen molar-refractivity contribution in [1.29, 1.82) is 0 Å². The van der Waals surface area contributed by atoms with Crippen LogP contribution in [-0.4, -0.2) is 12.0 Å². The zero-order valence-corrected chi connectivity index (χ0v) is 8.74. The third-order valence-electron chi connectivity index (χ3n) is 1.53. The highest BCUT2D eigenvalue weighted by atomic mass is 79.9. The summed E-state index contributed by atoms with van der Waals surface area (Å²) in [6.07, 6.45) is -0.596. The van der Waals surface area contributed by atoms with Crippen molar-refractivity contribution in [2.75, 3.05) is 0 Å². The average molecular weight is 244 g/mol. The Bertz CT molecular complexity index is 297. The first-order valence-electron chi connectivity index (χ1n) is 3.81. The Hall–Kier alpha value is -1.03. The van der Waals surface area contributed by atoms with Gasteiger partial charge < -0.3 is 10.5 Å². The van der Waals surface area contributed by atoms with Gasteiger partial charge in [0.2, 0.25) is 0 Å². The number of benzene rings is 1. The van der Waals surface area contributed by atoms with Crippen LogP contribution in [0.2, 0.25) is 0 Å². The van der Waals surface area contributed by atoms with Crippen molar-refractivity contribution in [2.24, 2.45) is 5.73 Å². The minimum Gasteiger partial charge on any atom is -0.481 e. The molecule has 70 valence electrons.